The smallest absolute Gasteiger partial charge is 0.0602 e. The lowest BCUT2D eigenvalue weighted by Crippen LogP contribution is -2.23. The third kappa shape index (κ3) is 3.01. The fourth-order valence-electron chi connectivity index (χ4n) is 1.91. The van der Waals surface area contributed by atoms with Crippen molar-refractivity contribution >= 4 is 27.3 Å². The number of pyridine rings is 1. The topological polar surface area (TPSA) is 42.2 Å². The Hall–Kier alpha value is -1.55. The summed E-state index contributed by atoms with van der Waals surface area (Å²) in [5.41, 5.74) is 9.05. The summed E-state index contributed by atoms with van der Waals surface area (Å²) in [6.07, 6.45) is 3.67. The van der Waals surface area contributed by atoms with Crippen LogP contribution >= 0.6 is 15.9 Å². The molecule has 2 rings (SSSR count). The standard InChI is InChI=1S/C14H16BrN3/c1-2-18(14-6-4-3-5-13(14)16)10-11-7-12(15)9-17-8-11/h3-9H,2,10,16H2,1H3. The van der Waals surface area contributed by atoms with Gasteiger partial charge in [-0.1, -0.05) is 12.1 Å². The molecule has 18 heavy (non-hydrogen) atoms. The van der Waals surface area contributed by atoms with Crippen molar-refractivity contribution in [1.82, 2.24) is 4.98 Å². The fourth-order valence-corrected chi connectivity index (χ4v) is 2.32. The second kappa shape index (κ2) is 5.87. The Labute approximate surface area is 116 Å². The largest absolute Gasteiger partial charge is 0.397 e. The van der Waals surface area contributed by atoms with E-state index in [-0.39, 0.29) is 0 Å². The molecule has 0 saturated carbocycles. The van der Waals surface area contributed by atoms with Gasteiger partial charge in [0.25, 0.3) is 0 Å². The van der Waals surface area contributed by atoms with E-state index in [0.717, 1.165) is 34.5 Å². The second-order valence-corrected chi connectivity index (χ2v) is 5.00. The Kier molecular flexibility index (Phi) is 4.20. The summed E-state index contributed by atoms with van der Waals surface area (Å²) in [4.78, 5) is 6.42. The summed E-state index contributed by atoms with van der Waals surface area (Å²) in [6, 6.07) is 10.0. The van der Waals surface area contributed by atoms with Gasteiger partial charge in [0, 0.05) is 30.0 Å². The summed E-state index contributed by atoms with van der Waals surface area (Å²) in [7, 11) is 0. The maximum atomic E-state index is 6.01. The highest BCUT2D eigenvalue weighted by atomic mass is 79.9. The Bertz CT molecular complexity index is 528. The molecule has 2 N–H and O–H groups in total. The van der Waals surface area contributed by atoms with Gasteiger partial charge >= 0.3 is 0 Å². The summed E-state index contributed by atoms with van der Waals surface area (Å²) in [6.45, 7) is 3.83. The van der Waals surface area contributed by atoms with Crippen LogP contribution in [0.3, 0.4) is 0 Å². The zero-order valence-electron chi connectivity index (χ0n) is 10.3. The van der Waals surface area contributed by atoms with E-state index in [0.29, 0.717) is 0 Å². The third-order valence-corrected chi connectivity index (χ3v) is 3.23. The molecule has 4 heteroatoms. The summed E-state index contributed by atoms with van der Waals surface area (Å²) >= 11 is 3.44. The summed E-state index contributed by atoms with van der Waals surface area (Å²) in [5, 5.41) is 0. The molecule has 0 aliphatic carbocycles. The van der Waals surface area contributed by atoms with E-state index in [1.54, 1.807) is 6.20 Å². The number of nitrogens with two attached hydrogens (primary N) is 1. The zero-order valence-corrected chi connectivity index (χ0v) is 11.9. The predicted molar refractivity (Wildman–Crippen MR) is 79.5 cm³/mol. The number of aromatic nitrogens is 1. The van der Waals surface area contributed by atoms with Crippen molar-refractivity contribution in [2.75, 3.05) is 17.2 Å². The van der Waals surface area contributed by atoms with Crippen molar-refractivity contribution in [2.24, 2.45) is 0 Å². The molecule has 2 aromatic rings. The summed E-state index contributed by atoms with van der Waals surface area (Å²) in [5.74, 6) is 0. The predicted octanol–water partition coefficient (Wildman–Crippen LogP) is 3.45. The minimum Gasteiger partial charge on any atom is -0.397 e. The SMILES string of the molecule is CCN(Cc1cncc(Br)c1)c1ccccc1N. The van der Waals surface area contributed by atoms with Gasteiger partial charge in [-0.2, -0.15) is 0 Å². The lowest BCUT2D eigenvalue weighted by Gasteiger charge is -2.24. The van der Waals surface area contributed by atoms with E-state index >= 15 is 0 Å². The van der Waals surface area contributed by atoms with Crippen LogP contribution in [0.5, 0.6) is 0 Å². The molecule has 0 aliphatic rings. The number of hydrogen-bond acceptors (Lipinski definition) is 3. The minimum absolute atomic E-state index is 0.803. The molecule has 0 unspecified atom stereocenters. The van der Waals surface area contributed by atoms with Crippen LogP contribution in [0.15, 0.2) is 47.2 Å². The van der Waals surface area contributed by atoms with E-state index < -0.39 is 0 Å². The van der Waals surface area contributed by atoms with E-state index in [1.165, 1.54) is 0 Å². The van der Waals surface area contributed by atoms with Crippen LogP contribution in [0.1, 0.15) is 12.5 Å². The zero-order chi connectivity index (χ0) is 13.0. The fraction of sp³-hybridized carbons (Fsp3) is 0.214. The van der Waals surface area contributed by atoms with Gasteiger partial charge in [-0.05, 0) is 46.6 Å². The molecular weight excluding hydrogens is 290 g/mol. The molecule has 3 nitrogen and oxygen atoms in total. The molecule has 0 amide bonds. The van der Waals surface area contributed by atoms with Gasteiger partial charge in [0.15, 0.2) is 0 Å². The molecule has 0 radical (unpaired) electrons. The summed E-state index contributed by atoms with van der Waals surface area (Å²) < 4.78 is 0.997. The molecule has 1 aromatic carbocycles. The molecule has 0 spiro atoms. The monoisotopic (exact) mass is 305 g/mol. The average molecular weight is 306 g/mol. The number of benzene rings is 1. The van der Waals surface area contributed by atoms with Crippen LogP contribution in [0.2, 0.25) is 0 Å². The first-order chi connectivity index (χ1) is 8.70. The van der Waals surface area contributed by atoms with Gasteiger partial charge in [-0.25, -0.2) is 0 Å². The lowest BCUT2D eigenvalue weighted by molar-refractivity contribution is 0.829. The van der Waals surface area contributed by atoms with Gasteiger partial charge in [0.1, 0.15) is 0 Å². The maximum absolute atomic E-state index is 6.01. The van der Waals surface area contributed by atoms with Crippen molar-refractivity contribution in [2.45, 2.75) is 13.5 Å². The van der Waals surface area contributed by atoms with E-state index in [9.17, 15) is 0 Å². The van der Waals surface area contributed by atoms with Crippen LogP contribution in [0, 0.1) is 0 Å². The maximum Gasteiger partial charge on any atom is 0.0602 e. The molecule has 0 saturated heterocycles. The van der Waals surface area contributed by atoms with Gasteiger partial charge in [-0.3, -0.25) is 4.98 Å². The van der Waals surface area contributed by atoms with Crippen LogP contribution in [-0.4, -0.2) is 11.5 Å². The van der Waals surface area contributed by atoms with Crippen LogP contribution in [0.4, 0.5) is 11.4 Å². The number of para-hydroxylation sites is 2. The van der Waals surface area contributed by atoms with E-state index in [4.69, 9.17) is 5.73 Å². The minimum atomic E-state index is 0.803. The number of hydrogen-bond donors (Lipinski definition) is 1. The van der Waals surface area contributed by atoms with Crippen molar-refractivity contribution in [3.63, 3.8) is 0 Å². The van der Waals surface area contributed by atoms with Crippen LogP contribution in [-0.2, 0) is 6.54 Å². The van der Waals surface area contributed by atoms with Crippen molar-refractivity contribution in [3.8, 4) is 0 Å². The van der Waals surface area contributed by atoms with E-state index in [1.807, 2.05) is 30.5 Å². The molecule has 1 heterocycles. The Morgan fingerprint density at radius 3 is 2.72 bits per heavy atom. The van der Waals surface area contributed by atoms with Crippen LogP contribution < -0.4 is 10.6 Å². The number of nitrogen functional groups attached to an aromatic ring is 1. The number of rotatable bonds is 4. The molecule has 0 bridgehead atoms. The highest BCUT2D eigenvalue weighted by Crippen LogP contribution is 2.24. The average Bonchev–Trinajstić information content (AvgIpc) is 2.37. The van der Waals surface area contributed by atoms with Gasteiger partial charge in [0.2, 0.25) is 0 Å². The van der Waals surface area contributed by atoms with Crippen LogP contribution in [0.25, 0.3) is 0 Å². The number of anilines is 2. The molecular formula is C14H16BrN3. The second-order valence-electron chi connectivity index (χ2n) is 4.08. The Balaban J connectivity index is 2.23. The highest BCUT2D eigenvalue weighted by molar-refractivity contribution is 9.10. The Morgan fingerprint density at radius 1 is 1.28 bits per heavy atom. The van der Waals surface area contributed by atoms with Crippen molar-refractivity contribution in [1.29, 1.82) is 0 Å². The first-order valence-corrected chi connectivity index (χ1v) is 6.69. The molecule has 0 aliphatic heterocycles. The van der Waals surface area contributed by atoms with Crippen molar-refractivity contribution in [3.05, 3.63) is 52.8 Å². The molecule has 0 fully saturated rings. The van der Waals surface area contributed by atoms with Crippen molar-refractivity contribution < 1.29 is 0 Å². The van der Waals surface area contributed by atoms with Gasteiger partial charge in [0.05, 0.1) is 11.4 Å². The third-order valence-electron chi connectivity index (χ3n) is 2.79. The number of nitrogens with zero attached hydrogens (tertiary/aromatic N) is 2. The Morgan fingerprint density at radius 2 is 2.06 bits per heavy atom. The highest BCUT2D eigenvalue weighted by Gasteiger charge is 2.08. The molecule has 94 valence electrons. The first kappa shape index (κ1) is 12.9. The van der Waals surface area contributed by atoms with E-state index in [2.05, 4.69) is 38.8 Å². The van der Waals surface area contributed by atoms with Gasteiger partial charge < -0.3 is 10.6 Å². The molecule has 0 atom stereocenters. The number of halogens is 1. The first-order valence-electron chi connectivity index (χ1n) is 5.89. The molecule has 1 aromatic heterocycles. The normalized spacial score (nSPS) is 10.3. The quantitative estimate of drug-likeness (QED) is 0.880. The lowest BCUT2D eigenvalue weighted by atomic mass is 10.2. The van der Waals surface area contributed by atoms with Gasteiger partial charge in [-0.15, -0.1) is 0 Å².